The molecule has 7 saturated heterocycles. The van der Waals surface area contributed by atoms with Crippen LogP contribution in [0.1, 0.15) is 148 Å². The summed E-state index contributed by atoms with van der Waals surface area (Å²) < 4.78 is 5.40. The predicted octanol–water partition coefficient (Wildman–Crippen LogP) is 17.0. The number of amides is 4. The van der Waals surface area contributed by atoms with Gasteiger partial charge in [0.25, 0.3) is 23.6 Å². The maximum absolute atomic E-state index is 13.1. The monoisotopic (exact) mass is 1870 g/mol. The van der Waals surface area contributed by atoms with Crippen molar-refractivity contribution in [3.63, 3.8) is 0 Å². The van der Waals surface area contributed by atoms with Gasteiger partial charge in [-0.2, -0.15) is 20.4 Å². The van der Waals surface area contributed by atoms with E-state index in [0.29, 0.717) is 58.7 Å². The molecule has 4 aromatic carbocycles. The van der Waals surface area contributed by atoms with Gasteiger partial charge in [0.05, 0.1) is 82.8 Å². The molecule has 7 fully saturated rings. The summed E-state index contributed by atoms with van der Waals surface area (Å²) in [5, 5.41) is 43.9. The van der Waals surface area contributed by atoms with Crippen molar-refractivity contribution in [3.05, 3.63) is 265 Å². The summed E-state index contributed by atoms with van der Waals surface area (Å²) in [7, 11) is 3.84. The lowest BCUT2D eigenvalue weighted by molar-refractivity contribution is 0.101. The fourth-order valence-electron chi connectivity index (χ4n) is 19.5. The minimum absolute atomic E-state index is 0.258. The number of piperidine rings is 1. The average molecular weight is 1870 g/mol. The fraction of sp³-hybridized carbons (Fsp3) is 0.327. The summed E-state index contributed by atoms with van der Waals surface area (Å²) in [5.74, 6) is 2.55. The molecule has 0 spiro atoms. The molecule has 8 N–H and O–H groups in total. The first-order chi connectivity index (χ1) is 68.7. The molecule has 0 bridgehead atoms. The molecule has 140 heavy (non-hydrogen) atoms. The third-order valence-corrected chi connectivity index (χ3v) is 27.0. The molecule has 33 heteroatoms. The number of aromatic amines is 4. The zero-order chi connectivity index (χ0) is 95.0. The number of hydrogen-bond acceptors (Lipinski definition) is 25. The van der Waals surface area contributed by atoms with Gasteiger partial charge in [-0.3, -0.25) is 79.1 Å². The van der Waals surface area contributed by atoms with Crippen LogP contribution in [0.4, 0.5) is 46.0 Å². The maximum atomic E-state index is 13.1. The van der Waals surface area contributed by atoms with Gasteiger partial charge in [-0.15, -0.1) is 0 Å². The zero-order valence-electron chi connectivity index (χ0n) is 79.1. The molecule has 23 rings (SSSR count). The number of anilines is 8. The van der Waals surface area contributed by atoms with Crippen molar-refractivity contribution >= 4 is 113 Å². The van der Waals surface area contributed by atoms with Gasteiger partial charge in [0.15, 0.2) is 22.8 Å². The third kappa shape index (κ3) is 22.6. The Hall–Kier alpha value is -15.2. The van der Waals surface area contributed by atoms with Crippen LogP contribution in [0.2, 0.25) is 0 Å². The Morgan fingerprint density at radius 1 is 0.286 bits per heavy atom. The second kappa shape index (κ2) is 43.7. The second-order valence-electron chi connectivity index (χ2n) is 37.3. The number of hydrogen-bond donors (Lipinski definition) is 8. The van der Waals surface area contributed by atoms with Crippen molar-refractivity contribution < 1.29 is 23.9 Å². The Kier molecular flexibility index (Phi) is 28.9. The van der Waals surface area contributed by atoms with E-state index in [1.807, 2.05) is 190 Å². The molecule has 0 radical (unpaired) electrons. The minimum Gasteiger partial charge on any atom is -0.378 e. The van der Waals surface area contributed by atoms with Gasteiger partial charge in [0.2, 0.25) is 0 Å². The average Bonchev–Trinajstić information content (AvgIpc) is 1.72. The number of pyridine rings is 8. The number of likely N-dealkylation sites (tertiary alicyclic amines) is 4. The van der Waals surface area contributed by atoms with Crippen LogP contribution in [0.5, 0.6) is 0 Å². The number of carbonyl (C=O) groups is 4. The number of rotatable bonds is 24. The van der Waals surface area contributed by atoms with Crippen LogP contribution in [0.3, 0.4) is 0 Å². The van der Waals surface area contributed by atoms with Crippen molar-refractivity contribution in [2.75, 3.05) is 160 Å². The normalized spacial score (nSPS) is 15.9. The molecule has 16 aromatic rings. The van der Waals surface area contributed by atoms with Crippen LogP contribution in [0.15, 0.2) is 220 Å². The Balaban J connectivity index is 0.000000115. The Labute approximate surface area is 811 Å². The van der Waals surface area contributed by atoms with E-state index < -0.39 is 0 Å². The maximum Gasteiger partial charge on any atom is 0.276 e. The topological polar surface area (TPSA) is 369 Å². The van der Waals surface area contributed by atoms with Gasteiger partial charge in [-0.1, -0.05) is 24.3 Å². The highest BCUT2D eigenvalue weighted by molar-refractivity contribution is 6.15. The number of morpholine rings is 1. The summed E-state index contributed by atoms with van der Waals surface area (Å²) in [6.45, 7) is 20.1. The molecule has 0 saturated carbocycles. The smallest absolute Gasteiger partial charge is 0.276 e. The van der Waals surface area contributed by atoms with Gasteiger partial charge >= 0.3 is 0 Å². The summed E-state index contributed by atoms with van der Waals surface area (Å²) in [6.07, 6.45) is 38.3. The van der Waals surface area contributed by atoms with Gasteiger partial charge in [0, 0.05) is 173 Å². The number of ether oxygens (including phenoxy) is 1. The molecule has 19 heterocycles. The summed E-state index contributed by atoms with van der Waals surface area (Å²) in [4.78, 5) is 107. The van der Waals surface area contributed by atoms with Crippen molar-refractivity contribution in [2.24, 2.45) is 0 Å². The lowest BCUT2D eigenvalue weighted by Crippen LogP contribution is -2.36. The molecule has 33 nitrogen and oxygen atoms in total. The molecule has 0 unspecified atom stereocenters. The molecule has 12 aromatic heterocycles. The predicted molar refractivity (Wildman–Crippen MR) is 549 cm³/mol. The highest BCUT2D eigenvalue weighted by Gasteiger charge is 2.26. The third-order valence-electron chi connectivity index (χ3n) is 27.0. The minimum atomic E-state index is -0.279. The largest absolute Gasteiger partial charge is 0.378 e. The van der Waals surface area contributed by atoms with E-state index in [2.05, 4.69) is 160 Å². The van der Waals surface area contributed by atoms with Crippen molar-refractivity contribution in [2.45, 2.75) is 110 Å². The van der Waals surface area contributed by atoms with E-state index in [9.17, 15) is 19.2 Å². The zero-order valence-corrected chi connectivity index (χ0v) is 79.1. The van der Waals surface area contributed by atoms with Crippen LogP contribution >= 0.6 is 0 Å². The van der Waals surface area contributed by atoms with Crippen LogP contribution in [0, 0.1) is 0 Å². The van der Waals surface area contributed by atoms with E-state index in [1.54, 1.807) is 24.8 Å². The Bertz CT molecular complexity index is 6770. The van der Waals surface area contributed by atoms with Gasteiger partial charge < -0.3 is 45.6 Å². The molecule has 7 aliphatic rings. The first-order valence-electron chi connectivity index (χ1n) is 48.9. The van der Waals surface area contributed by atoms with Crippen molar-refractivity contribution in [1.82, 2.24) is 100 Å². The summed E-state index contributed by atoms with van der Waals surface area (Å²) >= 11 is 0. The van der Waals surface area contributed by atoms with Gasteiger partial charge in [-0.25, -0.2) is 19.9 Å². The van der Waals surface area contributed by atoms with Crippen LogP contribution in [0.25, 0.3) is 88.1 Å². The lowest BCUT2D eigenvalue weighted by atomic mass is 10.0. The van der Waals surface area contributed by atoms with Crippen LogP contribution in [-0.4, -0.2) is 243 Å². The first kappa shape index (κ1) is 92.5. The highest BCUT2D eigenvalue weighted by atomic mass is 16.5. The standard InChI is InChI=1S/C28H31N7O.C27H29N7O2.C27H29N7O.C25H27N7O/c36-28(31-23-7-9-26(30-18-23)35-12-2-1-3-13-35)27-24-15-21(6-8-25(24)32-33-27)22-14-20(16-29-17-22)19-34-10-4-5-11-34;35-27(30-22-4-6-25(29-17-22)34-9-11-36-12-10-34)26-23-14-20(3-5-24(23)31-32-26)21-13-19(15-28-16-21)18-33-7-1-2-8-33;35-27(30-22-6-8-25(29-17-22)34-11-3-4-12-34)26-23-14-20(5-7-24(23)31-32-26)21-13-19(15-28-16-21)18-33-9-1-2-10-33;1-31(2)23-8-6-20(15-27-23)28-25(33)24-21-12-18(5-7-22(21)29-30-24)19-11-17(13-26-14-19)16-32-9-3-4-10-32/h6-9,14-18H,1-5,10-13,19H2,(H,31,36)(H,32,33);3-6,13-17H,1-2,7-12,18H2,(H,30,35)(H,31,32);5-8,13-17H,1-4,9-12,18H2,(H,30,35)(H,31,32);5-8,11-15H,3-4,9-10,16H2,1-2H3,(H,28,33)(H,29,30). The summed E-state index contributed by atoms with van der Waals surface area (Å²) in [6, 6.07) is 48.0. The van der Waals surface area contributed by atoms with Gasteiger partial charge in [-0.05, 0) is 302 Å². The van der Waals surface area contributed by atoms with Crippen molar-refractivity contribution in [1.29, 1.82) is 0 Å². The molecule has 0 aliphatic carbocycles. The number of nitrogens with zero attached hydrogens (tertiary/aromatic N) is 20. The van der Waals surface area contributed by atoms with Crippen LogP contribution < -0.4 is 40.9 Å². The van der Waals surface area contributed by atoms with E-state index in [-0.39, 0.29) is 23.6 Å². The SMILES string of the molecule is CN(C)c1ccc(NC(=O)c2n[nH]c3ccc(-c4cncc(CN5CCCC5)c4)cc23)cn1.O=C(Nc1ccc(N2CCCC2)nc1)c1n[nH]c2ccc(-c3cncc(CN4CCCC4)c3)cc12.O=C(Nc1ccc(N2CCCCC2)nc1)c1n[nH]c2ccc(-c3cncc(CN4CCCC4)c3)cc12.O=C(Nc1ccc(N2CCOCC2)nc1)c1n[nH]c2ccc(-c3cncc(CN4CCCC4)c3)cc12. The molecular formula is C107H116N28O5. The second-order valence-corrected chi connectivity index (χ2v) is 37.3. The Morgan fingerprint density at radius 2 is 0.550 bits per heavy atom. The van der Waals surface area contributed by atoms with E-state index >= 15 is 0 Å². The number of benzene rings is 4. The molecular weight excluding hydrogens is 1760 g/mol. The molecule has 7 aliphatic heterocycles. The van der Waals surface area contributed by atoms with Crippen molar-refractivity contribution in [3.8, 4) is 44.5 Å². The highest BCUT2D eigenvalue weighted by Crippen LogP contribution is 2.35. The number of carbonyl (C=O) groups excluding carboxylic acids is 4. The van der Waals surface area contributed by atoms with E-state index in [0.717, 1.165) is 229 Å². The lowest BCUT2D eigenvalue weighted by Gasteiger charge is -2.27. The quantitative estimate of drug-likeness (QED) is 0.0278. The fourth-order valence-corrected chi connectivity index (χ4v) is 19.5. The number of nitrogens with one attached hydrogen (secondary N) is 8. The number of aromatic nitrogens is 16. The van der Waals surface area contributed by atoms with Crippen LogP contribution in [-0.2, 0) is 30.9 Å². The van der Waals surface area contributed by atoms with E-state index in [1.165, 1.54) is 106 Å². The number of fused-ring (bicyclic) bond motifs is 4. The van der Waals surface area contributed by atoms with Gasteiger partial charge in [0.1, 0.15) is 23.3 Å². The first-order valence-corrected chi connectivity index (χ1v) is 48.9. The number of H-pyrrole nitrogens is 4. The molecule has 714 valence electrons. The summed E-state index contributed by atoms with van der Waals surface area (Å²) in [5.41, 5.74) is 20.3. The Morgan fingerprint density at radius 3 is 0.814 bits per heavy atom. The van der Waals surface area contributed by atoms with E-state index in [4.69, 9.17) is 4.74 Å². The molecule has 0 atom stereocenters. The molecule has 4 amide bonds.